The molecule has 0 aliphatic heterocycles. The highest BCUT2D eigenvalue weighted by atomic mass is 16.5. The van der Waals surface area contributed by atoms with Crippen molar-refractivity contribution in [2.45, 2.75) is 25.8 Å². The quantitative estimate of drug-likeness (QED) is 0.285. The Kier molecular flexibility index (Phi) is 8.40. The number of hydrogen-bond acceptors (Lipinski definition) is 4. The van der Waals surface area contributed by atoms with E-state index in [1.54, 1.807) is 48.5 Å². The Balaban J connectivity index is 1.58. The van der Waals surface area contributed by atoms with Crippen LogP contribution in [0.1, 0.15) is 24.5 Å². The molecule has 0 saturated heterocycles. The number of rotatable bonds is 10. The number of nitrogens with one attached hydrogen (secondary N) is 2. The van der Waals surface area contributed by atoms with Gasteiger partial charge >= 0.3 is 5.97 Å². The third kappa shape index (κ3) is 6.93. The van der Waals surface area contributed by atoms with Crippen LogP contribution < -0.4 is 10.1 Å². The van der Waals surface area contributed by atoms with E-state index in [0.717, 1.165) is 18.1 Å². The average Bonchev–Trinajstić information content (AvgIpc) is 2.84. The number of ether oxygens (including phenoxy) is 1. The van der Waals surface area contributed by atoms with E-state index >= 15 is 0 Å². The minimum atomic E-state index is -1.19. The van der Waals surface area contributed by atoms with Crippen molar-refractivity contribution < 1.29 is 24.5 Å². The van der Waals surface area contributed by atoms with Gasteiger partial charge in [0.15, 0.2) is 0 Å². The topological polar surface area (TPSA) is 122 Å². The first-order valence-corrected chi connectivity index (χ1v) is 11.0. The molecule has 2 aromatic rings. The summed E-state index contributed by atoms with van der Waals surface area (Å²) >= 11 is 0. The summed E-state index contributed by atoms with van der Waals surface area (Å²) in [4.78, 5) is 23.9. The summed E-state index contributed by atoms with van der Waals surface area (Å²) in [5.41, 5.74) is 2.00. The molecule has 7 heteroatoms. The van der Waals surface area contributed by atoms with E-state index in [4.69, 9.17) is 15.3 Å². The van der Waals surface area contributed by atoms with Gasteiger partial charge in [-0.3, -0.25) is 10.2 Å². The van der Waals surface area contributed by atoms with E-state index in [1.165, 1.54) is 5.57 Å². The molecule has 0 bridgehead atoms. The minimum absolute atomic E-state index is 0.0321. The van der Waals surface area contributed by atoms with E-state index < -0.39 is 23.6 Å². The third-order valence-electron chi connectivity index (χ3n) is 5.56. The zero-order valence-electron chi connectivity index (χ0n) is 19.0. The van der Waals surface area contributed by atoms with Gasteiger partial charge < -0.3 is 20.3 Å². The molecule has 2 unspecified atom stereocenters. The molecule has 3 rings (SSSR count). The molecule has 2 atom stereocenters. The van der Waals surface area contributed by atoms with Crippen LogP contribution in [0.3, 0.4) is 0 Å². The molecule has 0 aromatic heterocycles. The number of carboxylic acid groups (broad SMARTS) is 1. The fourth-order valence-corrected chi connectivity index (χ4v) is 3.46. The van der Waals surface area contributed by atoms with Crippen molar-refractivity contribution in [3.63, 3.8) is 0 Å². The van der Waals surface area contributed by atoms with Crippen LogP contribution in [0, 0.1) is 11.3 Å². The van der Waals surface area contributed by atoms with Gasteiger partial charge in [0, 0.05) is 6.42 Å². The van der Waals surface area contributed by atoms with Crippen molar-refractivity contribution in [3.05, 3.63) is 95.6 Å². The molecular weight excluding hydrogens is 432 g/mol. The van der Waals surface area contributed by atoms with Crippen molar-refractivity contribution >= 4 is 23.3 Å². The van der Waals surface area contributed by atoms with Gasteiger partial charge in [0.2, 0.25) is 0 Å². The normalized spacial score (nSPS) is 16.3. The molecule has 1 aliphatic rings. The summed E-state index contributed by atoms with van der Waals surface area (Å²) in [5, 5.41) is 28.0. The summed E-state index contributed by atoms with van der Waals surface area (Å²) < 4.78 is 5.84. The molecule has 1 aliphatic carbocycles. The fraction of sp³-hybridized carbons (Fsp3) is 0.222. The van der Waals surface area contributed by atoms with Gasteiger partial charge in [0.05, 0.1) is 11.6 Å². The first kappa shape index (κ1) is 24.5. The number of amides is 1. The average molecular weight is 462 g/mol. The van der Waals surface area contributed by atoms with Gasteiger partial charge in [0.1, 0.15) is 24.1 Å². The van der Waals surface area contributed by atoms with Crippen molar-refractivity contribution in [2.24, 2.45) is 5.92 Å². The second kappa shape index (κ2) is 11.7. The zero-order chi connectivity index (χ0) is 24.5. The second-order valence-corrected chi connectivity index (χ2v) is 8.15. The Hall–Kier alpha value is -4.13. The Bertz CT molecular complexity index is 1120. The van der Waals surface area contributed by atoms with Crippen LogP contribution in [0.4, 0.5) is 0 Å². The molecule has 1 amide bonds. The van der Waals surface area contributed by atoms with Crippen LogP contribution in [0.15, 0.2) is 84.5 Å². The highest BCUT2D eigenvalue weighted by molar-refractivity contribution is 6.43. The first-order valence-electron chi connectivity index (χ1n) is 11.0. The van der Waals surface area contributed by atoms with Gasteiger partial charge in [-0.05, 0) is 47.7 Å². The number of carboxylic acids is 1. The molecule has 2 aromatic carbocycles. The molecule has 0 heterocycles. The van der Waals surface area contributed by atoms with Crippen LogP contribution in [-0.4, -0.2) is 40.4 Å². The highest BCUT2D eigenvalue weighted by Crippen LogP contribution is 2.22. The van der Waals surface area contributed by atoms with Gasteiger partial charge in [-0.15, -0.1) is 0 Å². The van der Waals surface area contributed by atoms with Crippen molar-refractivity contribution in [1.82, 2.24) is 5.32 Å². The fourth-order valence-electron chi connectivity index (χ4n) is 3.46. The van der Waals surface area contributed by atoms with Crippen LogP contribution in [-0.2, 0) is 16.0 Å². The molecule has 5 N–H and O–H groups in total. The maximum absolute atomic E-state index is 12.4. The lowest BCUT2D eigenvalue weighted by molar-refractivity contribution is -0.141. The maximum Gasteiger partial charge on any atom is 0.326 e. The lowest BCUT2D eigenvalue weighted by Crippen LogP contribution is -2.44. The SMILES string of the molecule is CC1CC=CC=C1COc1ccc(/C([OH2+])=C/C(=N)C(=O)NC(Cc2ccccc2)C(=O)O)cc1. The van der Waals surface area contributed by atoms with Gasteiger partial charge in [-0.25, -0.2) is 4.79 Å². The second-order valence-electron chi connectivity index (χ2n) is 8.15. The summed E-state index contributed by atoms with van der Waals surface area (Å²) in [5.74, 6) is -0.965. The number of aliphatic carboxylic acids is 1. The number of benzene rings is 2. The molecule has 176 valence electrons. The molecule has 0 radical (unpaired) electrons. The Morgan fingerprint density at radius 3 is 2.56 bits per heavy atom. The van der Waals surface area contributed by atoms with Crippen LogP contribution >= 0.6 is 0 Å². The summed E-state index contributed by atoms with van der Waals surface area (Å²) in [6.45, 7) is 2.65. The molecular formula is C27H29N2O5+. The zero-order valence-corrected chi connectivity index (χ0v) is 19.0. The van der Waals surface area contributed by atoms with Crippen LogP contribution in [0.2, 0.25) is 0 Å². The summed E-state index contributed by atoms with van der Waals surface area (Å²) in [7, 11) is 0. The first-order chi connectivity index (χ1) is 16.3. The van der Waals surface area contributed by atoms with Crippen LogP contribution in [0.5, 0.6) is 5.75 Å². The Labute approximate surface area is 198 Å². The largest absolute Gasteiger partial charge is 0.593 e. The molecule has 0 fully saturated rings. The van der Waals surface area contributed by atoms with E-state index in [1.807, 2.05) is 12.1 Å². The predicted octanol–water partition coefficient (Wildman–Crippen LogP) is 3.49. The van der Waals surface area contributed by atoms with E-state index in [2.05, 4.69) is 24.4 Å². The number of carbonyl (C=O) groups excluding carboxylic acids is 1. The van der Waals surface area contributed by atoms with Crippen LogP contribution in [0.25, 0.3) is 5.76 Å². The molecule has 7 nitrogen and oxygen atoms in total. The van der Waals surface area contributed by atoms with E-state index in [9.17, 15) is 14.7 Å². The van der Waals surface area contributed by atoms with Gasteiger partial charge in [0.25, 0.3) is 11.7 Å². The number of allylic oxidation sites excluding steroid dienone is 3. The Morgan fingerprint density at radius 2 is 1.91 bits per heavy atom. The van der Waals surface area contributed by atoms with Crippen molar-refractivity contribution in [2.75, 3.05) is 6.61 Å². The maximum atomic E-state index is 12.4. The molecule has 34 heavy (non-hydrogen) atoms. The smallest absolute Gasteiger partial charge is 0.326 e. The lowest BCUT2D eigenvalue weighted by Gasteiger charge is -2.17. The van der Waals surface area contributed by atoms with E-state index in [-0.39, 0.29) is 12.2 Å². The Morgan fingerprint density at radius 1 is 1.21 bits per heavy atom. The highest BCUT2D eigenvalue weighted by Gasteiger charge is 2.22. The molecule has 0 spiro atoms. The minimum Gasteiger partial charge on any atom is -0.593 e. The monoisotopic (exact) mass is 461 g/mol. The lowest BCUT2D eigenvalue weighted by atomic mass is 9.94. The van der Waals surface area contributed by atoms with E-state index in [0.29, 0.717) is 23.8 Å². The number of hydrogen-bond donors (Lipinski definition) is 3. The third-order valence-corrected chi connectivity index (χ3v) is 5.56. The van der Waals surface area contributed by atoms with Gasteiger partial charge in [-0.2, -0.15) is 0 Å². The standard InChI is InChI=1S/C27H28N2O5/c1-18-7-5-6-10-21(18)17-34-22-13-11-20(12-14-22)25(30)16-23(28)26(31)29-24(27(32)33)15-19-8-3-2-4-9-19/h2-6,8-14,16,18,24,28,30H,7,15,17H2,1H3,(H,29,31)(H,32,33)/p+1/b25-16-,28-23?. The van der Waals surface area contributed by atoms with Crippen molar-refractivity contribution in [1.29, 1.82) is 5.41 Å². The predicted molar refractivity (Wildman–Crippen MR) is 132 cm³/mol. The summed E-state index contributed by atoms with van der Waals surface area (Å²) in [6.07, 6.45) is 8.44. The summed E-state index contributed by atoms with van der Waals surface area (Å²) in [6, 6.07) is 14.6. The number of carbonyl (C=O) groups is 2. The van der Waals surface area contributed by atoms with Crippen molar-refractivity contribution in [3.8, 4) is 5.75 Å². The molecule has 0 saturated carbocycles. The van der Waals surface area contributed by atoms with Gasteiger partial charge in [-0.1, -0.05) is 55.5 Å².